The third-order valence-corrected chi connectivity index (χ3v) is 5.01. The highest BCUT2D eigenvalue weighted by Crippen LogP contribution is 2.41. The normalized spacial score (nSPS) is 18.1. The standard InChI is InChI=1S/C20H19ClF3N3/c1-9-13(10(2)27-20-16(22)4-5-18(25)19(20)24)6-12(7-17(9)23)26-11(3)14-8-15(14)21/h4-7,14-15,26-27H,2-3,8,25H2,1H3. The molecule has 0 aliphatic heterocycles. The first-order valence-corrected chi connectivity index (χ1v) is 8.72. The molecule has 0 aromatic heterocycles. The second-order valence-corrected chi connectivity index (χ2v) is 7.13. The Morgan fingerprint density at radius 1 is 1.15 bits per heavy atom. The summed E-state index contributed by atoms with van der Waals surface area (Å²) in [4.78, 5) is 0. The lowest BCUT2D eigenvalue weighted by molar-refractivity contribution is 0.594. The summed E-state index contributed by atoms with van der Waals surface area (Å²) >= 11 is 6.00. The number of nitrogens with two attached hydrogens (primary N) is 1. The Hall–Kier alpha value is -2.60. The van der Waals surface area contributed by atoms with Crippen LogP contribution in [0.5, 0.6) is 0 Å². The van der Waals surface area contributed by atoms with Crippen LogP contribution in [0.2, 0.25) is 0 Å². The van der Waals surface area contributed by atoms with Gasteiger partial charge in [-0.15, -0.1) is 11.6 Å². The fourth-order valence-electron chi connectivity index (χ4n) is 2.77. The Morgan fingerprint density at radius 2 is 1.81 bits per heavy atom. The lowest BCUT2D eigenvalue weighted by atomic mass is 10.0. The third-order valence-electron chi connectivity index (χ3n) is 4.53. The van der Waals surface area contributed by atoms with E-state index in [-0.39, 0.29) is 28.2 Å². The highest BCUT2D eigenvalue weighted by Gasteiger charge is 2.37. The number of anilines is 3. The lowest BCUT2D eigenvalue weighted by Crippen LogP contribution is -2.08. The molecular weight excluding hydrogens is 375 g/mol. The van der Waals surface area contributed by atoms with Crippen molar-refractivity contribution >= 4 is 34.4 Å². The van der Waals surface area contributed by atoms with Gasteiger partial charge in [0.15, 0.2) is 5.82 Å². The largest absolute Gasteiger partial charge is 0.396 e. The topological polar surface area (TPSA) is 50.1 Å². The molecule has 3 nitrogen and oxygen atoms in total. The van der Waals surface area contributed by atoms with Gasteiger partial charge in [0, 0.05) is 33.9 Å². The molecule has 0 spiro atoms. The van der Waals surface area contributed by atoms with E-state index in [4.69, 9.17) is 17.3 Å². The molecule has 0 bridgehead atoms. The highest BCUT2D eigenvalue weighted by atomic mass is 35.5. The number of benzene rings is 2. The smallest absolute Gasteiger partial charge is 0.172 e. The van der Waals surface area contributed by atoms with Gasteiger partial charge in [-0.2, -0.15) is 0 Å². The number of allylic oxidation sites excluding steroid dienone is 1. The van der Waals surface area contributed by atoms with E-state index in [9.17, 15) is 13.2 Å². The number of hydrogen-bond acceptors (Lipinski definition) is 3. The van der Waals surface area contributed by atoms with E-state index < -0.39 is 23.1 Å². The van der Waals surface area contributed by atoms with Gasteiger partial charge in [0.1, 0.15) is 17.3 Å². The number of rotatable bonds is 6. The van der Waals surface area contributed by atoms with Gasteiger partial charge < -0.3 is 16.4 Å². The van der Waals surface area contributed by atoms with Crippen LogP contribution in [0.25, 0.3) is 5.70 Å². The van der Waals surface area contributed by atoms with E-state index in [0.717, 1.165) is 18.6 Å². The molecule has 142 valence electrons. The van der Waals surface area contributed by atoms with Crippen LogP contribution in [0.15, 0.2) is 43.1 Å². The number of hydrogen-bond donors (Lipinski definition) is 3. The van der Waals surface area contributed by atoms with Crippen LogP contribution in [0.1, 0.15) is 17.5 Å². The van der Waals surface area contributed by atoms with E-state index in [1.807, 2.05) is 0 Å². The Labute approximate surface area is 160 Å². The maximum atomic E-state index is 14.4. The third kappa shape index (κ3) is 3.90. The summed E-state index contributed by atoms with van der Waals surface area (Å²) in [7, 11) is 0. The van der Waals surface area contributed by atoms with Crippen molar-refractivity contribution in [2.45, 2.75) is 18.7 Å². The Morgan fingerprint density at radius 3 is 2.44 bits per heavy atom. The van der Waals surface area contributed by atoms with E-state index in [1.165, 1.54) is 6.07 Å². The fraction of sp³-hybridized carbons (Fsp3) is 0.200. The van der Waals surface area contributed by atoms with Crippen molar-refractivity contribution in [1.82, 2.24) is 0 Å². The first kappa shape index (κ1) is 19.2. The molecule has 1 fully saturated rings. The van der Waals surface area contributed by atoms with Crippen molar-refractivity contribution < 1.29 is 13.2 Å². The van der Waals surface area contributed by atoms with Crippen LogP contribution in [0.4, 0.5) is 30.2 Å². The van der Waals surface area contributed by atoms with E-state index in [0.29, 0.717) is 16.9 Å². The average Bonchev–Trinajstić information content (AvgIpc) is 3.35. The van der Waals surface area contributed by atoms with Gasteiger partial charge in [-0.3, -0.25) is 0 Å². The zero-order valence-electron chi connectivity index (χ0n) is 14.7. The van der Waals surface area contributed by atoms with Crippen molar-refractivity contribution in [3.8, 4) is 0 Å². The molecule has 2 aromatic carbocycles. The molecule has 2 unspecified atom stereocenters. The van der Waals surface area contributed by atoms with Crippen molar-refractivity contribution in [2.75, 3.05) is 16.4 Å². The zero-order chi connectivity index (χ0) is 19.9. The molecule has 0 amide bonds. The number of nitrogens with one attached hydrogen (secondary N) is 2. The second kappa shape index (κ2) is 7.19. The molecule has 2 atom stereocenters. The molecule has 0 saturated heterocycles. The van der Waals surface area contributed by atoms with Crippen molar-refractivity contribution in [1.29, 1.82) is 0 Å². The first-order valence-electron chi connectivity index (χ1n) is 8.28. The van der Waals surface area contributed by atoms with Gasteiger partial charge in [-0.05, 0) is 43.2 Å². The molecule has 1 aliphatic carbocycles. The van der Waals surface area contributed by atoms with Gasteiger partial charge in [0.25, 0.3) is 0 Å². The number of halogens is 4. The minimum atomic E-state index is -0.932. The zero-order valence-corrected chi connectivity index (χ0v) is 15.4. The summed E-state index contributed by atoms with van der Waals surface area (Å²) in [5.41, 5.74) is 6.76. The molecular formula is C20H19ClF3N3. The molecule has 0 heterocycles. The van der Waals surface area contributed by atoms with Gasteiger partial charge in [-0.1, -0.05) is 13.2 Å². The van der Waals surface area contributed by atoms with Crippen molar-refractivity contribution in [2.24, 2.45) is 5.92 Å². The summed E-state index contributed by atoms with van der Waals surface area (Å²) in [6.07, 6.45) is 0.816. The highest BCUT2D eigenvalue weighted by molar-refractivity contribution is 6.22. The Balaban J connectivity index is 1.88. The van der Waals surface area contributed by atoms with Gasteiger partial charge in [-0.25, -0.2) is 13.2 Å². The summed E-state index contributed by atoms with van der Waals surface area (Å²) in [6.45, 7) is 9.26. The molecule has 27 heavy (non-hydrogen) atoms. The SMILES string of the molecule is C=C(Nc1c(F)ccc(N)c1F)c1cc(NC(=C)C2CC2Cl)cc(F)c1C. The fourth-order valence-corrected chi connectivity index (χ4v) is 3.11. The molecule has 1 aliphatic rings. The maximum Gasteiger partial charge on any atom is 0.172 e. The van der Waals surface area contributed by atoms with Crippen LogP contribution in [0, 0.1) is 30.3 Å². The average molecular weight is 394 g/mol. The molecule has 2 aromatic rings. The predicted molar refractivity (Wildman–Crippen MR) is 105 cm³/mol. The van der Waals surface area contributed by atoms with Gasteiger partial charge in [0.05, 0.1) is 5.69 Å². The molecule has 7 heteroatoms. The number of alkyl halides is 1. The van der Waals surface area contributed by atoms with Crippen LogP contribution < -0.4 is 16.4 Å². The molecule has 4 N–H and O–H groups in total. The summed E-state index contributed by atoms with van der Waals surface area (Å²) < 4.78 is 42.5. The van der Waals surface area contributed by atoms with Gasteiger partial charge in [0.2, 0.25) is 0 Å². The second-order valence-electron chi connectivity index (χ2n) is 6.57. The van der Waals surface area contributed by atoms with E-state index >= 15 is 0 Å². The summed E-state index contributed by atoms with van der Waals surface area (Å²) in [5.74, 6) is -2.11. The van der Waals surface area contributed by atoms with Crippen molar-refractivity contribution in [3.63, 3.8) is 0 Å². The lowest BCUT2D eigenvalue weighted by Gasteiger charge is -2.17. The Bertz CT molecular complexity index is 943. The quantitative estimate of drug-likeness (QED) is 0.440. The minimum absolute atomic E-state index is 0.0332. The molecule has 1 saturated carbocycles. The van der Waals surface area contributed by atoms with Gasteiger partial charge >= 0.3 is 0 Å². The van der Waals surface area contributed by atoms with Crippen LogP contribution >= 0.6 is 11.6 Å². The number of nitrogen functional groups attached to an aromatic ring is 1. The monoisotopic (exact) mass is 393 g/mol. The summed E-state index contributed by atoms with van der Waals surface area (Å²) in [6, 6.07) is 5.13. The van der Waals surface area contributed by atoms with Crippen molar-refractivity contribution in [3.05, 3.63) is 71.7 Å². The van der Waals surface area contributed by atoms with E-state index in [1.54, 1.807) is 13.0 Å². The van der Waals surface area contributed by atoms with Crippen LogP contribution in [-0.4, -0.2) is 5.38 Å². The summed E-state index contributed by atoms with van der Waals surface area (Å²) in [5, 5.41) is 5.63. The Kier molecular flexibility index (Phi) is 5.11. The first-order chi connectivity index (χ1) is 12.7. The molecule has 0 radical (unpaired) electrons. The van der Waals surface area contributed by atoms with E-state index in [2.05, 4.69) is 23.8 Å². The predicted octanol–water partition coefficient (Wildman–Crippen LogP) is 5.63. The van der Waals surface area contributed by atoms with Crippen LogP contribution in [-0.2, 0) is 0 Å². The maximum absolute atomic E-state index is 14.4. The van der Waals surface area contributed by atoms with Crippen LogP contribution in [0.3, 0.4) is 0 Å². The minimum Gasteiger partial charge on any atom is -0.396 e. The molecule has 3 rings (SSSR count).